The summed E-state index contributed by atoms with van der Waals surface area (Å²) in [6, 6.07) is 7.39. The maximum absolute atomic E-state index is 2.35. The molecule has 16 heavy (non-hydrogen) atoms. The van der Waals surface area contributed by atoms with Gasteiger partial charge in [0.1, 0.15) is 0 Å². The van der Waals surface area contributed by atoms with E-state index in [9.17, 15) is 0 Å². The van der Waals surface area contributed by atoms with Gasteiger partial charge < -0.3 is 4.90 Å². The first-order valence-corrected chi connectivity index (χ1v) is 6.24. The minimum Gasteiger partial charge on any atom is -0.372 e. The van der Waals surface area contributed by atoms with Gasteiger partial charge in [0.05, 0.1) is 0 Å². The third-order valence-electron chi connectivity index (χ3n) is 3.07. The van der Waals surface area contributed by atoms with E-state index in [1.165, 1.54) is 23.2 Å². The second-order valence-electron chi connectivity index (χ2n) is 5.42. The number of rotatable bonds is 4. The SMILES string of the molecule is Cc1ccc(CC(C)C)cc1N(C)C(C)C. The second kappa shape index (κ2) is 5.38. The van der Waals surface area contributed by atoms with Crippen LogP contribution in [0.4, 0.5) is 5.69 Å². The molecule has 0 radical (unpaired) electrons. The van der Waals surface area contributed by atoms with Gasteiger partial charge in [0.2, 0.25) is 0 Å². The molecule has 0 aromatic heterocycles. The molecule has 0 fully saturated rings. The van der Waals surface area contributed by atoms with Crippen molar-refractivity contribution in [2.24, 2.45) is 5.92 Å². The smallest absolute Gasteiger partial charge is 0.0398 e. The summed E-state index contributed by atoms with van der Waals surface area (Å²) in [7, 11) is 2.17. The monoisotopic (exact) mass is 219 g/mol. The third kappa shape index (κ3) is 3.26. The van der Waals surface area contributed by atoms with E-state index in [2.05, 4.69) is 64.8 Å². The molecule has 1 aromatic carbocycles. The van der Waals surface area contributed by atoms with Gasteiger partial charge in [0, 0.05) is 18.8 Å². The zero-order valence-corrected chi connectivity index (χ0v) is 11.5. The van der Waals surface area contributed by atoms with Crippen LogP contribution in [0.5, 0.6) is 0 Å². The zero-order chi connectivity index (χ0) is 12.3. The lowest BCUT2D eigenvalue weighted by atomic mass is 10.00. The Morgan fingerprint density at radius 1 is 1.12 bits per heavy atom. The number of aryl methyl sites for hydroxylation is 1. The summed E-state index contributed by atoms with van der Waals surface area (Å²) in [5.41, 5.74) is 4.18. The maximum Gasteiger partial charge on any atom is 0.0398 e. The van der Waals surface area contributed by atoms with E-state index in [0.717, 1.165) is 5.92 Å². The van der Waals surface area contributed by atoms with Gasteiger partial charge in [-0.1, -0.05) is 26.0 Å². The standard InChI is InChI=1S/C15H25N/c1-11(2)9-14-8-7-13(5)15(10-14)16(6)12(3)4/h7-8,10-12H,9H2,1-6H3. The fourth-order valence-electron chi connectivity index (χ4n) is 1.91. The molecule has 0 aliphatic rings. The van der Waals surface area contributed by atoms with Crippen molar-refractivity contribution >= 4 is 5.69 Å². The van der Waals surface area contributed by atoms with E-state index >= 15 is 0 Å². The highest BCUT2D eigenvalue weighted by atomic mass is 15.1. The van der Waals surface area contributed by atoms with Crippen molar-refractivity contribution in [1.29, 1.82) is 0 Å². The van der Waals surface area contributed by atoms with Crippen LogP contribution in [0.25, 0.3) is 0 Å². The van der Waals surface area contributed by atoms with Crippen LogP contribution in [-0.4, -0.2) is 13.1 Å². The Balaban J connectivity index is 2.99. The molecule has 0 bridgehead atoms. The minimum absolute atomic E-state index is 0.549. The van der Waals surface area contributed by atoms with Gasteiger partial charge in [-0.15, -0.1) is 0 Å². The number of hydrogen-bond acceptors (Lipinski definition) is 1. The second-order valence-corrected chi connectivity index (χ2v) is 5.42. The Hall–Kier alpha value is -0.980. The molecule has 0 spiro atoms. The Bertz CT molecular complexity index is 339. The first kappa shape index (κ1) is 13.1. The Labute approximate surface area is 100 Å². The molecule has 0 heterocycles. The summed E-state index contributed by atoms with van der Waals surface area (Å²) in [5.74, 6) is 0.722. The van der Waals surface area contributed by atoms with Crippen molar-refractivity contribution in [3.8, 4) is 0 Å². The average molecular weight is 219 g/mol. The van der Waals surface area contributed by atoms with E-state index < -0.39 is 0 Å². The van der Waals surface area contributed by atoms with Crippen LogP contribution in [0, 0.1) is 12.8 Å². The van der Waals surface area contributed by atoms with Crippen LogP contribution in [0.1, 0.15) is 38.8 Å². The van der Waals surface area contributed by atoms with Crippen molar-refractivity contribution in [2.45, 2.75) is 47.1 Å². The fraction of sp³-hybridized carbons (Fsp3) is 0.600. The van der Waals surface area contributed by atoms with E-state index in [1.54, 1.807) is 0 Å². The average Bonchev–Trinajstić information content (AvgIpc) is 2.19. The van der Waals surface area contributed by atoms with Crippen LogP contribution in [-0.2, 0) is 6.42 Å². The lowest BCUT2D eigenvalue weighted by molar-refractivity contribution is 0.646. The fourth-order valence-corrected chi connectivity index (χ4v) is 1.91. The Kier molecular flexibility index (Phi) is 4.40. The molecule has 0 unspecified atom stereocenters. The number of hydrogen-bond donors (Lipinski definition) is 0. The largest absolute Gasteiger partial charge is 0.372 e. The van der Waals surface area contributed by atoms with Crippen molar-refractivity contribution < 1.29 is 0 Å². The Morgan fingerprint density at radius 3 is 2.25 bits per heavy atom. The molecule has 0 aliphatic carbocycles. The third-order valence-corrected chi connectivity index (χ3v) is 3.07. The van der Waals surface area contributed by atoms with Crippen molar-refractivity contribution in [2.75, 3.05) is 11.9 Å². The lowest BCUT2D eigenvalue weighted by Crippen LogP contribution is -2.26. The van der Waals surface area contributed by atoms with Crippen LogP contribution in [0.2, 0.25) is 0 Å². The number of anilines is 1. The summed E-state index contributed by atoms with van der Waals surface area (Å²) >= 11 is 0. The molecule has 0 N–H and O–H groups in total. The van der Waals surface area contributed by atoms with Gasteiger partial charge in [-0.2, -0.15) is 0 Å². The Morgan fingerprint density at radius 2 is 1.75 bits per heavy atom. The highest BCUT2D eigenvalue weighted by Gasteiger charge is 2.09. The predicted molar refractivity (Wildman–Crippen MR) is 73.3 cm³/mol. The quantitative estimate of drug-likeness (QED) is 0.739. The number of benzene rings is 1. The normalized spacial score (nSPS) is 11.2. The topological polar surface area (TPSA) is 3.24 Å². The van der Waals surface area contributed by atoms with Crippen LogP contribution in [0.3, 0.4) is 0 Å². The molecule has 0 amide bonds. The predicted octanol–water partition coefficient (Wildman–Crippen LogP) is 4.04. The van der Waals surface area contributed by atoms with Crippen molar-refractivity contribution in [3.05, 3.63) is 29.3 Å². The van der Waals surface area contributed by atoms with Gasteiger partial charge in [0.25, 0.3) is 0 Å². The van der Waals surface area contributed by atoms with Crippen LogP contribution in [0.15, 0.2) is 18.2 Å². The van der Waals surface area contributed by atoms with Crippen molar-refractivity contribution in [1.82, 2.24) is 0 Å². The molecule has 1 aromatic rings. The maximum atomic E-state index is 2.35. The molecule has 0 atom stereocenters. The summed E-state index contributed by atoms with van der Waals surface area (Å²) in [6.07, 6.45) is 1.17. The molecule has 1 nitrogen and oxygen atoms in total. The highest BCUT2D eigenvalue weighted by molar-refractivity contribution is 5.55. The van der Waals surface area contributed by atoms with Gasteiger partial charge in [-0.3, -0.25) is 0 Å². The molecular weight excluding hydrogens is 194 g/mol. The number of nitrogens with zero attached hydrogens (tertiary/aromatic N) is 1. The molecule has 1 rings (SSSR count). The molecule has 0 aliphatic heterocycles. The van der Waals surface area contributed by atoms with E-state index in [4.69, 9.17) is 0 Å². The minimum atomic E-state index is 0.549. The van der Waals surface area contributed by atoms with E-state index in [0.29, 0.717) is 6.04 Å². The first-order chi connectivity index (χ1) is 7.41. The summed E-state index contributed by atoms with van der Waals surface area (Å²) in [5, 5.41) is 0. The molecule has 90 valence electrons. The molecule has 1 heteroatoms. The summed E-state index contributed by atoms with van der Waals surface area (Å²) in [4.78, 5) is 2.35. The van der Waals surface area contributed by atoms with Gasteiger partial charge in [-0.05, 0) is 50.3 Å². The van der Waals surface area contributed by atoms with Crippen LogP contribution < -0.4 is 4.90 Å². The molecule has 0 saturated heterocycles. The van der Waals surface area contributed by atoms with Gasteiger partial charge in [-0.25, -0.2) is 0 Å². The van der Waals surface area contributed by atoms with Crippen LogP contribution >= 0.6 is 0 Å². The van der Waals surface area contributed by atoms with Gasteiger partial charge >= 0.3 is 0 Å². The summed E-state index contributed by atoms with van der Waals surface area (Å²) < 4.78 is 0. The molecular formula is C15H25N. The summed E-state index contributed by atoms with van der Waals surface area (Å²) in [6.45, 7) is 11.2. The lowest BCUT2D eigenvalue weighted by Gasteiger charge is -2.26. The highest BCUT2D eigenvalue weighted by Crippen LogP contribution is 2.23. The molecule has 0 saturated carbocycles. The first-order valence-electron chi connectivity index (χ1n) is 6.24. The zero-order valence-electron chi connectivity index (χ0n) is 11.5. The van der Waals surface area contributed by atoms with E-state index in [1.807, 2.05) is 0 Å². The van der Waals surface area contributed by atoms with Crippen molar-refractivity contribution in [3.63, 3.8) is 0 Å². The van der Waals surface area contributed by atoms with Gasteiger partial charge in [0.15, 0.2) is 0 Å². The van der Waals surface area contributed by atoms with E-state index in [-0.39, 0.29) is 0 Å².